The van der Waals surface area contributed by atoms with E-state index in [1.54, 1.807) is 5.38 Å². The second-order valence-electron chi connectivity index (χ2n) is 4.04. The van der Waals surface area contributed by atoms with E-state index < -0.39 is 10.0 Å². The van der Waals surface area contributed by atoms with Gasteiger partial charge in [0.25, 0.3) is 0 Å². The van der Waals surface area contributed by atoms with E-state index >= 15 is 0 Å². The minimum Gasteiger partial charge on any atom is -0.398 e. The van der Waals surface area contributed by atoms with Crippen LogP contribution in [0.15, 0.2) is 15.7 Å². The summed E-state index contributed by atoms with van der Waals surface area (Å²) in [6.45, 7) is 0.386. The highest BCUT2D eigenvalue weighted by atomic mass is 32.2. The summed E-state index contributed by atoms with van der Waals surface area (Å²) in [6.07, 6.45) is 1.09. The first-order valence-electron chi connectivity index (χ1n) is 4.99. The molecule has 1 aliphatic carbocycles. The zero-order valence-corrected chi connectivity index (χ0v) is 10.2. The molecule has 0 bridgehead atoms. The lowest BCUT2D eigenvalue weighted by Crippen LogP contribution is -2.38. The van der Waals surface area contributed by atoms with Gasteiger partial charge < -0.3 is 10.8 Å². The fourth-order valence-corrected chi connectivity index (χ4v) is 3.88. The Balaban J connectivity index is 1.93. The Labute approximate surface area is 98.3 Å². The van der Waals surface area contributed by atoms with Crippen molar-refractivity contribution >= 4 is 27.0 Å². The summed E-state index contributed by atoms with van der Waals surface area (Å²) < 4.78 is 26.3. The van der Waals surface area contributed by atoms with Crippen molar-refractivity contribution in [2.24, 2.45) is 5.92 Å². The van der Waals surface area contributed by atoms with Crippen molar-refractivity contribution < 1.29 is 13.5 Å². The van der Waals surface area contributed by atoms with E-state index in [9.17, 15) is 8.42 Å². The van der Waals surface area contributed by atoms with Gasteiger partial charge in [0, 0.05) is 17.6 Å². The molecule has 0 atom stereocenters. The third kappa shape index (κ3) is 2.54. The van der Waals surface area contributed by atoms with Crippen LogP contribution in [-0.2, 0) is 10.0 Å². The number of hydrogen-bond donors (Lipinski definition) is 3. The Morgan fingerprint density at radius 3 is 2.75 bits per heavy atom. The van der Waals surface area contributed by atoms with Gasteiger partial charge in [-0.15, -0.1) is 11.3 Å². The number of rotatable bonds is 4. The van der Waals surface area contributed by atoms with Gasteiger partial charge in [0.05, 0.1) is 6.10 Å². The molecule has 0 aromatic carbocycles. The predicted molar refractivity (Wildman–Crippen MR) is 62.7 cm³/mol. The molecule has 1 fully saturated rings. The number of thiophene rings is 1. The molecule has 0 aliphatic heterocycles. The van der Waals surface area contributed by atoms with Crippen LogP contribution in [0.25, 0.3) is 0 Å². The molecule has 2 rings (SSSR count). The second kappa shape index (κ2) is 4.33. The van der Waals surface area contributed by atoms with Gasteiger partial charge in [0.15, 0.2) is 0 Å². The Morgan fingerprint density at radius 1 is 1.56 bits per heavy atom. The van der Waals surface area contributed by atoms with E-state index in [2.05, 4.69) is 4.72 Å². The molecule has 0 saturated heterocycles. The van der Waals surface area contributed by atoms with Gasteiger partial charge in [-0.3, -0.25) is 0 Å². The van der Waals surface area contributed by atoms with Crippen molar-refractivity contribution in [3.63, 3.8) is 0 Å². The first-order valence-corrected chi connectivity index (χ1v) is 7.35. The van der Waals surface area contributed by atoms with Gasteiger partial charge in [0.2, 0.25) is 10.0 Å². The molecule has 1 heterocycles. The number of nitrogens with one attached hydrogen (secondary N) is 1. The molecular weight excluding hydrogens is 248 g/mol. The fourth-order valence-electron chi connectivity index (χ4n) is 1.64. The second-order valence-corrected chi connectivity index (χ2v) is 6.95. The first-order chi connectivity index (χ1) is 7.47. The molecular formula is C9H14N2O3S2. The molecule has 0 radical (unpaired) electrons. The minimum atomic E-state index is -3.42. The van der Waals surface area contributed by atoms with E-state index in [0.29, 0.717) is 25.1 Å². The SMILES string of the molecule is Nc1csc(S(=O)(=O)NCC2CC(O)C2)c1. The maximum Gasteiger partial charge on any atom is 0.250 e. The van der Waals surface area contributed by atoms with Crippen LogP contribution in [0.5, 0.6) is 0 Å². The van der Waals surface area contributed by atoms with Crippen LogP contribution in [0, 0.1) is 5.92 Å². The first kappa shape index (κ1) is 11.8. The average Bonchev–Trinajstić information content (AvgIpc) is 2.58. The van der Waals surface area contributed by atoms with Crippen molar-refractivity contribution in [3.05, 3.63) is 11.4 Å². The number of nitrogen functional groups attached to an aromatic ring is 1. The molecule has 1 aliphatic rings. The molecule has 4 N–H and O–H groups in total. The van der Waals surface area contributed by atoms with Gasteiger partial charge >= 0.3 is 0 Å². The van der Waals surface area contributed by atoms with Gasteiger partial charge in [-0.1, -0.05) is 0 Å². The third-order valence-electron chi connectivity index (χ3n) is 2.63. The molecule has 7 heteroatoms. The molecule has 1 saturated carbocycles. The summed E-state index contributed by atoms with van der Waals surface area (Å²) >= 11 is 1.11. The molecule has 0 spiro atoms. The number of anilines is 1. The van der Waals surface area contributed by atoms with Gasteiger partial charge in [0.1, 0.15) is 4.21 Å². The topological polar surface area (TPSA) is 92.4 Å². The minimum absolute atomic E-state index is 0.241. The Hall–Kier alpha value is -0.630. The van der Waals surface area contributed by atoms with Crippen molar-refractivity contribution in [1.82, 2.24) is 4.72 Å². The smallest absolute Gasteiger partial charge is 0.250 e. The maximum absolute atomic E-state index is 11.8. The zero-order chi connectivity index (χ0) is 11.8. The lowest BCUT2D eigenvalue weighted by Gasteiger charge is -2.31. The Morgan fingerprint density at radius 2 is 2.25 bits per heavy atom. The maximum atomic E-state index is 11.8. The number of hydrogen-bond acceptors (Lipinski definition) is 5. The predicted octanol–water partition coefficient (Wildman–Crippen LogP) is 0.379. The lowest BCUT2D eigenvalue weighted by atomic mass is 9.83. The lowest BCUT2D eigenvalue weighted by molar-refractivity contribution is 0.0453. The molecule has 1 aromatic heterocycles. The summed E-state index contributed by atoms with van der Waals surface area (Å²) in [6, 6.07) is 1.45. The van der Waals surface area contributed by atoms with E-state index in [1.165, 1.54) is 6.07 Å². The molecule has 0 amide bonds. The highest BCUT2D eigenvalue weighted by Gasteiger charge is 2.28. The van der Waals surface area contributed by atoms with E-state index in [4.69, 9.17) is 10.8 Å². The largest absolute Gasteiger partial charge is 0.398 e. The van der Waals surface area contributed by atoms with Crippen LogP contribution in [-0.4, -0.2) is 26.2 Å². The fraction of sp³-hybridized carbons (Fsp3) is 0.556. The van der Waals surface area contributed by atoms with Crippen molar-refractivity contribution in [2.45, 2.75) is 23.2 Å². The van der Waals surface area contributed by atoms with Crippen molar-refractivity contribution in [3.8, 4) is 0 Å². The number of aliphatic hydroxyl groups is 1. The van der Waals surface area contributed by atoms with Crippen LogP contribution in [0.2, 0.25) is 0 Å². The molecule has 1 aromatic rings. The summed E-state index contributed by atoms with van der Waals surface area (Å²) in [5.74, 6) is 0.252. The number of sulfonamides is 1. The molecule has 5 nitrogen and oxygen atoms in total. The van der Waals surface area contributed by atoms with Gasteiger partial charge in [-0.2, -0.15) is 0 Å². The van der Waals surface area contributed by atoms with E-state index in [1.807, 2.05) is 0 Å². The van der Waals surface area contributed by atoms with Crippen molar-refractivity contribution in [2.75, 3.05) is 12.3 Å². The van der Waals surface area contributed by atoms with Gasteiger partial charge in [-0.05, 0) is 24.8 Å². The monoisotopic (exact) mass is 262 g/mol. The highest BCUT2D eigenvalue weighted by Crippen LogP contribution is 2.27. The standard InChI is InChI=1S/C9H14N2O3S2/c10-7-3-9(15-5-7)16(13,14)11-4-6-1-8(12)2-6/h3,5-6,8,11-12H,1-2,4,10H2. The van der Waals surface area contributed by atoms with E-state index in [0.717, 1.165) is 11.3 Å². The zero-order valence-electron chi connectivity index (χ0n) is 8.59. The van der Waals surface area contributed by atoms with E-state index in [-0.39, 0.29) is 16.2 Å². The summed E-state index contributed by atoms with van der Waals surface area (Å²) in [4.78, 5) is 0. The van der Waals surface area contributed by atoms with Crippen molar-refractivity contribution in [1.29, 1.82) is 0 Å². The quantitative estimate of drug-likeness (QED) is 0.731. The van der Waals surface area contributed by atoms with Gasteiger partial charge in [-0.25, -0.2) is 13.1 Å². The molecule has 90 valence electrons. The number of aliphatic hydroxyl groups excluding tert-OH is 1. The highest BCUT2D eigenvalue weighted by molar-refractivity contribution is 7.91. The van der Waals surface area contributed by atoms with Crippen LogP contribution in [0.3, 0.4) is 0 Å². The van der Waals surface area contributed by atoms with Crippen LogP contribution < -0.4 is 10.5 Å². The summed E-state index contributed by atoms with van der Waals surface area (Å²) in [5, 5.41) is 10.7. The summed E-state index contributed by atoms with van der Waals surface area (Å²) in [7, 11) is -3.42. The normalized spacial score (nSPS) is 25.3. The van der Waals surface area contributed by atoms with Crippen LogP contribution in [0.1, 0.15) is 12.8 Å². The van der Waals surface area contributed by atoms with Crippen LogP contribution in [0.4, 0.5) is 5.69 Å². The Bertz CT molecular complexity index is 463. The molecule has 0 unspecified atom stereocenters. The third-order valence-corrected chi connectivity index (χ3v) is 5.51. The average molecular weight is 262 g/mol. The number of nitrogens with two attached hydrogens (primary N) is 1. The molecule has 16 heavy (non-hydrogen) atoms. The van der Waals surface area contributed by atoms with Crippen LogP contribution >= 0.6 is 11.3 Å². The summed E-state index contributed by atoms with van der Waals surface area (Å²) in [5.41, 5.74) is 5.93. The Kier molecular flexibility index (Phi) is 3.20.